The van der Waals surface area contributed by atoms with Crippen molar-refractivity contribution in [2.75, 3.05) is 32.7 Å². The predicted octanol–water partition coefficient (Wildman–Crippen LogP) is 2.02. The Labute approximate surface area is 192 Å². The van der Waals surface area contributed by atoms with Crippen LogP contribution in [0, 0.1) is 17.0 Å². The molecule has 174 valence electrons. The van der Waals surface area contributed by atoms with Crippen molar-refractivity contribution in [1.82, 2.24) is 14.6 Å². The van der Waals surface area contributed by atoms with E-state index >= 15 is 0 Å². The van der Waals surface area contributed by atoms with Crippen molar-refractivity contribution in [2.45, 2.75) is 11.8 Å². The Hall–Kier alpha value is -3.41. The first kappa shape index (κ1) is 24.2. The van der Waals surface area contributed by atoms with Crippen LogP contribution in [0.5, 0.6) is 0 Å². The highest BCUT2D eigenvalue weighted by molar-refractivity contribution is 7.89. The molecule has 2 aromatic rings. The van der Waals surface area contributed by atoms with Crippen LogP contribution in [-0.2, 0) is 14.8 Å². The lowest BCUT2D eigenvalue weighted by Crippen LogP contribution is -2.50. The molecule has 10 nitrogen and oxygen atoms in total. The first-order chi connectivity index (χ1) is 15.8. The van der Waals surface area contributed by atoms with Crippen molar-refractivity contribution in [1.29, 1.82) is 0 Å². The summed E-state index contributed by atoms with van der Waals surface area (Å²) in [6.45, 7) is 3.44. The molecule has 1 aliphatic rings. The molecule has 0 unspecified atom stereocenters. The summed E-state index contributed by atoms with van der Waals surface area (Å²) in [5, 5.41) is 14.8. The third-order valence-electron chi connectivity index (χ3n) is 5.12. The van der Waals surface area contributed by atoms with Crippen molar-refractivity contribution in [3.63, 3.8) is 0 Å². The molecule has 0 spiro atoms. The van der Waals surface area contributed by atoms with Gasteiger partial charge in [0.2, 0.25) is 10.0 Å². The molecule has 33 heavy (non-hydrogen) atoms. The Bertz CT molecular complexity index is 1150. The fraction of sp³-hybridized carbons (Fsp3) is 0.273. The molecule has 1 fully saturated rings. The van der Waals surface area contributed by atoms with Gasteiger partial charge >= 0.3 is 0 Å². The van der Waals surface area contributed by atoms with Crippen LogP contribution in [0.25, 0.3) is 6.08 Å². The molecular formula is C22H25N5O5S. The molecule has 3 rings (SSSR count). The van der Waals surface area contributed by atoms with Gasteiger partial charge < -0.3 is 0 Å². The predicted molar refractivity (Wildman–Crippen MR) is 125 cm³/mol. The molecule has 11 heteroatoms. The van der Waals surface area contributed by atoms with Crippen molar-refractivity contribution < 1.29 is 18.1 Å². The maximum Gasteiger partial charge on any atom is 0.276 e. The molecular weight excluding hydrogens is 446 g/mol. The number of carbonyl (C=O) groups is 1. The summed E-state index contributed by atoms with van der Waals surface area (Å²) in [5.74, 6) is -0.333. The second-order valence-corrected chi connectivity index (χ2v) is 9.42. The molecule has 0 aromatic heterocycles. The van der Waals surface area contributed by atoms with Gasteiger partial charge in [0.15, 0.2) is 0 Å². The summed E-state index contributed by atoms with van der Waals surface area (Å²) in [7, 11) is -3.55. The highest BCUT2D eigenvalue weighted by atomic mass is 32.2. The van der Waals surface area contributed by atoms with Crippen molar-refractivity contribution >= 4 is 33.9 Å². The van der Waals surface area contributed by atoms with E-state index in [1.807, 2.05) is 11.8 Å². The molecule has 0 radical (unpaired) electrons. The van der Waals surface area contributed by atoms with Crippen LogP contribution in [0.3, 0.4) is 0 Å². The van der Waals surface area contributed by atoms with E-state index in [9.17, 15) is 23.3 Å². The van der Waals surface area contributed by atoms with Gasteiger partial charge in [-0.3, -0.25) is 19.8 Å². The lowest BCUT2D eigenvalue weighted by molar-refractivity contribution is -0.385. The third-order valence-corrected chi connectivity index (χ3v) is 7.03. The summed E-state index contributed by atoms with van der Waals surface area (Å²) in [4.78, 5) is 24.8. The number of amides is 1. The average Bonchev–Trinajstić information content (AvgIpc) is 2.79. The van der Waals surface area contributed by atoms with Crippen LogP contribution in [0.1, 0.15) is 11.1 Å². The first-order valence-corrected chi connectivity index (χ1v) is 11.7. The Morgan fingerprint density at radius 1 is 1.12 bits per heavy atom. The number of carbonyl (C=O) groups excluding carboxylic acids is 1. The number of nitro benzene ring substituents is 1. The van der Waals surface area contributed by atoms with E-state index in [1.165, 1.54) is 28.7 Å². The van der Waals surface area contributed by atoms with E-state index in [2.05, 4.69) is 10.5 Å². The molecule has 2 aromatic carbocycles. The van der Waals surface area contributed by atoms with Gasteiger partial charge in [-0.2, -0.15) is 9.41 Å². The van der Waals surface area contributed by atoms with Gasteiger partial charge in [-0.25, -0.2) is 13.8 Å². The number of nitrogens with one attached hydrogen (secondary N) is 1. The zero-order valence-corrected chi connectivity index (χ0v) is 18.9. The molecule has 1 heterocycles. The third kappa shape index (κ3) is 6.54. The van der Waals surface area contributed by atoms with Crippen molar-refractivity contribution in [3.8, 4) is 0 Å². The van der Waals surface area contributed by atoms with Gasteiger partial charge in [-0.15, -0.1) is 0 Å². The number of allylic oxidation sites excluding steroid dienone is 1. The number of aryl methyl sites for hydroxylation is 1. The summed E-state index contributed by atoms with van der Waals surface area (Å²) < 4.78 is 26.9. The van der Waals surface area contributed by atoms with Crippen LogP contribution in [0.15, 0.2) is 64.6 Å². The number of piperazine rings is 1. The summed E-state index contributed by atoms with van der Waals surface area (Å²) >= 11 is 0. The van der Waals surface area contributed by atoms with Gasteiger partial charge in [-0.1, -0.05) is 29.8 Å². The highest BCUT2D eigenvalue weighted by Gasteiger charge is 2.28. The normalized spacial score (nSPS) is 15.8. The average molecular weight is 472 g/mol. The Morgan fingerprint density at radius 2 is 1.79 bits per heavy atom. The summed E-state index contributed by atoms with van der Waals surface area (Å²) in [6, 6.07) is 13.0. The number of hydrogen-bond acceptors (Lipinski definition) is 7. The number of nitro groups is 1. The van der Waals surface area contributed by atoms with Crippen LogP contribution in [0.2, 0.25) is 0 Å². The molecule has 0 saturated carbocycles. The van der Waals surface area contributed by atoms with E-state index in [-0.39, 0.29) is 23.0 Å². The minimum absolute atomic E-state index is 0.0188. The van der Waals surface area contributed by atoms with E-state index in [0.717, 1.165) is 5.56 Å². The lowest BCUT2D eigenvalue weighted by Gasteiger charge is -2.33. The number of rotatable bonds is 8. The number of benzene rings is 2. The lowest BCUT2D eigenvalue weighted by atomic mass is 10.2. The number of para-hydroxylation sites is 1. The van der Waals surface area contributed by atoms with Crippen LogP contribution in [-0.4, -0.2) is 67.4 Å². The molecule has 1 amide bonds. The van der Waals surface area contributed by atoms with Gasteiger partial charge in [0.05, 0.1) is 21.9 Å². The van der Waals surface area contributed by atoms with Gasteiger partial charge in [-0.05, 0) is 37.3 Å². The standard InChI is InChI=1S/C22H25N5O5S/c1-18-8-10-20(11-9-18)33(31,32)26-15-13-25(14-16-26)17-22(28)24-23-12-4-6-19-5-2-3-7-21(19)27(29)30/h2-12H,13-17H2,1H3,(H,24,28)/b6-4-,23-12+. The van der Waals surface area contributed by atoms with E-state index in [1.54, 1.807) is 42.5 Å². The molecule has 1 N–H and O–H groups in total. The Balaban J connectivity index is 1.45. The molecule has 1 aliphatic heterocycles. The molecule has 0 bridgehead atoms. The van der Waals surface area contributed by atoms with Gasteiger partial charge in [0, 0.05) is 38.5 Å². The second-order valence-electron chi connectivity index (χ2n) is 7.48. The fourth-order valence-corrected chi connectivity index (χ4v) is 4.74. The maximum absolute atomic E-state index is 12.8. The first-order valence-electron chi connectivity index (χ1n) is 10.3. The second kappa shape index (κ2) is 10.9. The SMILES string of the molecule is Cc1ccc(S(=O)(=O)N2CCN(CC(=O)N/N=C/C=C\c3ccccc3[N+](=O)[O-])CC2)cc1. The van der Waals surface area contributed by atoms with Crippen LogP contribution >= 0.6 is 0 Å². The largest absolute Gasteiger partial charge is 0.292 e. The monoisotopic (exact) mass is 471 g/mol. The minimum Gasteiger partial charge on any atom is -0.292 e. The quantitative estimate of drug-likeness (QED) is 0.357. The molecule has 0 aliphatic carbocycles. The highest BCUT2D eigenvalue weighted by Crippen LogP contribution is 2.19. The van der Waals surface area contributed by atoms with Gasteiger partial charge in [0.25, 0.3) is 11.6 Å². The zero-order valence-electron chi connectivity index (χ0n) is 18.1. The minimum atomic E-state index is -3.55. The topological polar surface area (TPSA) is 125 Å². The van der Waals surface area contributed by atoms with Crippen LogP contribution < -0.4 is 5.43 Å². The molecule has 0 atom stereocenters. The maximum atomic E-state index is 12.8. The van der Waals surface area contributed by atoms with Crippen molar-refractivity contribution in [2.24, 2.45) is 5.10 Å². The zero-order chi connectivity index (χ0) is 23.8. The fourth-order valence-electron chi connectivity index (χ4n) is 3.32. The number of nitrogens with zero attached hydrogens (tertiary/aromatic N) is 4. The molecule has 1 saturated heterocycles. The van der Waals surface area contributed by atoms with E-state index < -0.39 is 14.9 Å². The Kier molecular flexibility index (Phi) is 8.04. The number of hydrazone groups is 1. The smallest absolute Gasteiger partial charge is 0.276 e. The van der Waals surface area contributed by atoms with Gasteiger partial charge in [0.1, 0.15) is 0 Å². The summed E-state index contributed by atoms with van der Waals surface area (Å²) in [5.41, 5.74) is 3.80. The number of sulfonamides is 1. The number of hydrogen-bond donors (Lipinski definition) is 1. The van der Waals surface area contributed by atoms with E-state index in [4.69, 9.17) is 0 Å². The Morgan fingerprint density at radius 3 is 2.45 bits per heavy atom. The van der Waals surface area contributed by atoms with Crippen LogP contribution in [0.4, 0.5) is 5.69 Å². The van der Waals surface area contributed by atoms with Crippen molar-refractivity contribution in [3.05, 3.63) is 75.8 Å². The summed E-state index contributed by atoms with van der Waals surface area (Å²) in [6.07, 6.45) is 4.36. The van der Waals surface area contributed by atoms with E-state index in [0.29, 0.717) is 31.7 Å².